The number of rotatable bonds is 3. The summed E-state index contributed by atoms with van der Waals surface area (Å²) < 4.78 is 25.9. The zero-order chi connectivity index (χ0) is 15.8. The highest BCUT2D eigenvalue weighted by Gasteiger charge is 2.34. The summed E-state index contributed by atoms with van der Waals surface area (Å²) in [6.07, 6.45) is -2.02. The van der Waals surface area contributed by atoms with Crippen molar-refractivity contribution in [1.82, 2.24) is 4.31 Å². The maximum Gasteiger partial charge on any atom is 0.337 e. The molecular weight excluding hydrogens is 322 g/mol. The van der Waals surface area contributed by atoms with Crippen LogP contribution in [-0.2, 0) is 10.0 Å². The van der Waals surface area contributed by atoms with Gasteiger partial charge in [0.2, 0.25) is 10.0 Å². The van der Waals surface area contributed by atoms with E-state index in [0.717, 1.165) is 10.4 Å². The van der Waals surface area contributed by atoms with Crippen molar-refractivity contribution in [1.29, 1.82) is 0 Å². The highest BCUT2D eigenvalue weighted by Crippen LogP contribution is 2.25. The van der Waals surface area contributed by atoms with E-state index in [0.29, 0.717) is 0 Å². The molecule has 1 heterocycles. The fourth-order valence-electron chi connectivity index (χ4n) is 2.09. The average Bonchev–Trinajstić information content (AvgIpc) is 2.41. The van der Waals surface area contributed by atoms with Crippen LogP contribution in [-0.4, -0.2) is 59.3 Å². The first kappa shape index (κ1) is 16.2. The number of sulfonamides is 1. The van der Waals surface area contributed by atoms with Gasteiger partial charge in [0.05, 0.1) is 27.7 Å². The lowest BCUT2D eigenvalue weighted by Gasteiger charge is -2.32. The van der Waals surface area contributed by atoms with E-state index < -0.39 is 28.2 Å². The van der Waals surface area contributed by atoms with Crippen molar-refractivity contribution in [3.8, 4) is 0 Å². The normalized spacial score (nSPS) is 24.0. The van der Waals surface area contributed by atoms with Crippen LogP contribution in [0.2, 0.25) is 5.02 Å². The number of hydrogen-bond acceptors (Lipinski definition) is 5. The highest BCUT2D eigenvalue weighted by atomic mass is 35.5. The molecule has 1 aromatic rings. The molecule has 21 heavy (non-hydrogen) atoms. The number of piperidine rings is 1. The van der Waals surface area contributed by atoms with Crippen molar-refractivity contribution in [2.75, 3.05) is 13.1 Å². The number of halogens is 1. The number of aliphatic hydroxyl groups is 2. The number of nitrogens with zero attached hydrogens (tertiary/aromatic N) is 1. The molecule has 0 saturated carbocycles. The van der Waals surface area contributed by atoms with Gasteiger partial charge in [-0.25, -0.2) is 13.2 Å². The van der Waals surface area contributed by atoms with E-state index in [1.54, 1.807) is 0 Å². The van der Waals surface area contributed by atoms with Crippen LogP contribution in [0.4, 0.5) is 0 Å². The number of benzene rings is 1. The number of hydrogen-bond donors (Lipinski definition) is 3. The summed E-state index contributed by atoms with van der Waals surface area (Å²) in [5, 5.41) is 27.9. The molecule has 1 aliphatic rings. The van der Waals surface area contributed by atoms with Gasteiger partial charge in [0.25, 0.3) is 0 Å². The monoisotopic (exact) mass is 335 g/mol. The minimum atomic E-state index is -3.95. The Kier molecular flexibility index (Phi) is 4.54. The summed E-state index contributed by atoms with van der Waals surface area (Å²) in [6.45, 7) is -0.194. The highest BCUT2D eigenvalue weighted by molar-refractivity contribution is 7.89. The number of β-amino-alcohol motifs (C(OH)–C–C–N with tert-alkyl or cyclic N) is 1. The smallest absolute Gasteiger partial charge is 0.337 e. The second-order valence-corrected chi connectivity index (χ2v) is 7.08. The standard InChI is InChI=1S/C12H14ClNO6S/c13-9-2-1-7(5-8(9)12(17)18)21(19,20)14-4-3-10(15)11(16)6-14/h1-2,5,10-11,15-16H,3-4,6H2,(H,17,18). The molecule has 2 rings (SSSR count). The van der Waals surface area contributed by atoms with Gasteiger partial charge in [-0.15, -0.1) is 0 Å². The molecule has 1 fully saturated rings. The molecule has 7 nitrogen and oxygen atoms in total. The molecule has 0 radical (unpaired) electrons. The van der Waals surface area contributed by atoms with Gasteiger partial charge in [-0.3, -0.25) is 0 Å². The summed E-state index contributed by atoms with van der Waals surface area (Å²) in [7, 11) is -3.95. The minimum Gasteiger partial charge on any atom is -0.478 e. The van der Waals surface area contributed by atoms with Gasteiger partial charge in [0.15, 0.2) is 0 Å². The fourth-order valence-corrected chi connectivity index (χ4v) is 3.78. The molecule has 0 bridgehead atoms. The first-order valence-corrected chi connectivity index (χ1v) is 7.94. The van der Waals surface area contributed by atoms with Crippen LogP contribution in [0.1, 0.15) is 16.8 Å². The van der Waals surface area contributed by atoms with E-state index in [1.165, 1.54) is 12.1 Å². The number of carbonyl (C=O) groups is 1. The Labute approximate surface area is 126 Å². The van der Waals surface area contributed by atoms with Crippen molar-refractivity contribution in [2.45, 2.75) is 23.5 Å². The Morgan fingerprint density at radius 3 is 2.52 bits per heavy atom. The van der Waals surface area contributed by atoms with Crippen molar-refractivity contribution in [3.05, 3.63) is 28.8 Å². The molecule has 0 aromatic heterocycles. The van der Waals surface area contributed by atoms with Crippen molar-refractivity contribution >= 4 is 27.6 Å². The zero-order valence-electron chi connectivity index (χ0n) is 10.8. The van der Waals surface area contributed by atoms with Crippen LogP contribution >= 0.6 is 11.6 Å². The molecule has 116 valence electrons. The number of carboxylic acids is 1. The molecule has 9 heteroatoms. The van der Waals surface area contributed by atoms with Crippen molar-refractivity contribution in [3.63, 3.8) is 0 Å². The van der Waals surface area contributed by atoms with E-state index in [-0.39, 0.29) is 35.0 Å². The van der Waals surface area contributed by atoms with Crippen molar-refractivity contribution in [2.24, 2.45) is 0 Å². The third-order valence-corrected chi connectivity index (χ3v) is 5.51. The quantitative estimate of drug-likeness (QED) is 0.724. The lowest BCUT2D eigenvalue weighted by molar-refractivity contribution is -0.0191. The van der Waals surface area contributed by atoms with Crippen LogP contribution in [0.15, 0.2) is 23.1 Å². The maximum absolute atomic E-state index is 12.4. The first-order valence-electron chi connectivity index (χ1n) is 6.12. The topological polar surface area (TPSA) is 115 Å². The van der Waals surface area contributed by atoms with E-state index in [2.05, 4.69) is 0 Å². The third-order valence-electron chi connectivity index (χ3n) is 3.32. The van der Waals surface area contributed by atoms with Gasteiger partial charge in [-0.05, 0) is 24.6 Å². The molecule has 2 unspecified atom stereocenters. The minimum absolute atomic E-state index is 0.0472. The average molecular weight is 336 g/mol. The third kappa shape index (κ3) is 3.19. The summed E-state index contributed by atoms with van der Waals surface area (Å²) in [6, 6.07) is 3.39. The Morgan fingerprint density at radius 2 is 1.95 bits per heavy atom. The molecule has 1 aromatic carbocycles. The summed E-state index contributed by atoms with van der Waals surface area (Å²) in [5.41, 5.74) is -0.310. The Balaban J connectivity index is 2.36. The number of aromatic carboxylic acids is 1. The van der Waals surface area contributed by atoms with Gasteiger partial charge >= 0.3 is 5.97 Å². The Bertz CT molecular complexity index is 662. The molecule has 0 amide bonds. The predicted molar refractivity (Wildman–Crippen MR) is 73.8 cm³/mol. The van der Waals surface area contributed by atoms with Crippen LogP contribution in [0.3, 0.4) is 0 Å². The number of carboxylic acid groups (broad SMARTS) is 1. The van der Waals surface area contributed by atoms with Gasteiger partial charge in [0.1, 0.15) is 0 Å². The predicted octanol–water partition coefficient (Wildman–Crippen LogP) is 0.154. The largest absolute Gasteiger partial charge is 0.478 e. The number of aliphatic hydroxyl groups excluding tert-OH is 2. The zero-order valence-corrected chi connectivity index (χ0v) is 12.4. The van der Waals surface area contributed by atoms with Crippen LogP contribution in [0.5, 0.6) is 0 Å². The Hall–Kier alpha value is -1.19. The lowest BCUT2D eigenvalue weighted by Crippen LogP contribution is -2.48. The molecule has 0 aliphatic carbocycles. The molecule has 0 spiro atoms. The van der Waals surface area contributed by atoms with E-state index >= 15 is 0 Å². The summed E-state index contributed by atoms with van der Waals surface area (Å²) >= 11 is 5.71. The first-order chi connectivity index (χ1) is 9.73. The van der Waals surface area contributed by atoms with E-state index in [1.807, 2.05) is 0 Å². The lowest BCUT2D eigenvalue weighted by atomic mass is 10.1. The molecule has 1 saturated heterocycles. The van der Waals surface area contributed by atoms with Gasteiger partial charge in [-0.2, -0.15) is 4.31 Å². The molecular formula is C12H14ClNO6S. The van der Waals surface area contributed by atoms with Crippen LogP contribution < -0.4 is 0 Å². The van der Waals surface area contributed by atoms with Crippen LogP contribution in [0.25, 0.3) is 0 Å². The van der Waals surface area contributed by atoms with E-state index in [4.69, 9.17) is 16.7 Å². The fraction of sp³-hybridized carbons (Fsp3) is 0.417. The molecule has 1 aliphatic heterocycles. The van der Waals surface area contributed by atoms with Crippen molar-refractivity contribution < 1.29 is 28.5 Å². The molecule has 3 N–H and O–H groups in total. The van der Waals surface area contributed by atoms with Gasteiger partial charge in [0, 0.05) is 13.1 Å². The van der Waals surface area contributed by atoms with Crippen LogP contribution in [0, 0.1) is 0 Å². The van der Waals surface area contributed by atoms with Gasteiger partial charge < -0.3 is 15.3 Å². The van der Waals surface area contributed by atoms with E-state index in [9.17, 15) is 23.4 Å². The summed E-state index contributed by atoms with van der Waals surface area (Å²) in [5.74, 6) is -1.33. The van der Waals surface area contributed by atoms with Gasteiger partial charge in [-0.1, -0.05) is 11.6 Å². The maximum atomic E-state index is 12.4. The summed E-state index contributed by atoms with van der Waals surface area (Å²) in [4.78, 5) is 10.8. The SMILES string of the molecule is O=C(O)c1cc(S(=O)(=O)N2CCC(O)C(O)C2)ccc1Cl. The second-order valence-electron chi connectivity index (χ2n) is 4.73. The second kappa shape index (κ2) is 5.90. The molecule has 2 atom stereocenters. The Morgan fingerprint density at radius 1 is 1.29 bits per heavy atom.